The van der Waals surface area contributed by atoms with Crippen molar-refractivity contribution in [2.45, 2.75) is 18.9 Å². The lowest BCUT2D eigenvalue weighted by atomic mass is 10.1. The van der Waals surface area contributed by atoms with Gasteiger partial charge in [0.2, 0.25) is 0 Å². The van der Waals surface area contributed by atoms with Gasteiger partial charge >= 0.3 is 0 Å². The number of nitrogens with zero attached hydrogens (tertiary/aromatic N) is 1. The summed E-state index contributed by atoms with van der Waals surface area (Å²) in [7, 11) is 0. The van der Waals surface area contributed by atoms with E-state index in [9.17, 15) is 4.79 Å². The van der Waals surface area contributed by atoms with E-state index in [-0.39, 0.29) is 36.8 Å². The number of rotatable bonds is 2. The molecule has 3 rings (SSSR count). The van der Waals surface area contributed by atoms with Crippen LogP contribution in [0.5, 0.6) is 0 Å². The number of aromatic nitrogens is 1. The van der Waals surface area contributed by atoms with Crippen LogP contribution in [0.4, 0.5) is 0 Å². The lowest BCUT2D eigenvalue weighted by Crippen LogP contribution is -2.45. The van der Waals surface area contributed by atoms with Crippen LogP contribution in [-0.4, -0.2) is 30.0 Å². The minimum absolute atomic E-state index is 0. The van der Waals surface area contributed by atoms with Crippen molar-refractivity contribution in [1.82, 2.24) is 15.6 Å². The van der Waals surface area contributed by atoms with Crippen LogP contribution in [0.2, 0.25) is 5.02 Å². The normalized spacial score (nSPS) is 17.2. The molecule has 2 N–H and O–H groups in total. The van der Waals surface area contributed by atoms with Crippen molar-refractivity contribution < 1.29 is 4.79 Å². The molecule has 1 aliphatic heterocycles. The fourth-order valence-electron chi connectivity index (χ4n) is 2.56. The number of nitrogens with one attached hydrogen (secondary N) is 2. The summed E-state index contributed by atoms with van der Waals surface area (Å²) in [6.07, 6.45) is 3.78. The lowest BCUT2D eigenvalue weighted by molar-refractivity contribution is 0.0932. The maximum Gasteiger partial charge on any atom is 0.253 e. The van der Waals surface area contributed by atoms with Gasteiger partial charge in [-0.3, -0.25) is 9.78 Å². The minimum atomic E-state index is -0.0842. The molecule has 1 atom stereocenters. The third kappa shape index (κ3) is 4.02. The summed E-state index contributed by atoms with van der Waals surface area (Å²) in [4.78, 5) is 16.7. The second-order valence-corrected chi connectivity index (χ2v) is 5.42. The van der Waals surface area contributed by atoms with E-state index in [1.165, 1.54) is 0 Å². The molecule has 0 unspecified atom stereocenters. The molecule has 7 heteroatoms. The third-order valence-electron chi connectivity index (χ3n) is 3.59. The zero-order chi connectivity index (χ0) is 13.9. The maximum absolute atomic E-state index is 12.4. The van der Waals surface area contributed by atoms with Crippen molar-refractivity contribution in [1.29, 1.82) is 0 Å². The fraction of sp³-hybridized carbons (Fsp3) is 0.333. The van der Waals surface area contributed by atoms with Gasteiger partial charge in [0.05, 0.1) is 16.1 Å². The van der Waals surface area contributed by atoms with E-state index in [4.69, 9.17) is 11.6 Å². The molecule has 0 saturated carbocycles. The van der Waals surface area contributed by atoms with Gasteiger partial charge in [0.15, 0.2) is 0 Å². The maximum atomic E-state index is 12.4. The first-order valence-corrected chi connectivity index (χ1v) is 7.18. The molecule has 1 saturated heterocycles. The second kappa shape index (κ2) is 8.53. The first-order valence-electron chi connectivity index (χ1n) is 6.80. The van der Waals surface area contributed by atoms with Gasteiger partial charge in [0.1, 0.15) is 0 Å². The van der Waals surface area contributed by atoms with E-state index in [1.54, 1.807) is 18.3 Å². The van der Waals surface area contributed by atoms with Crippen LogP contribution in [0.25, 0.3) is 10.9 Å². The summed E-state index contributed by atoms with van der Waals surface area (Å²) in [5.74, 6) is -0.0842. The summed E-state index contributed by atoms with van der Waals surface area (Å²) < 4.78 is 0. The lowest BCUT2D eigenvalue weighted by Gasteiger charge is -2.24. The van der Waals surface area contributed by atoms with Crippen molar-refractivity contribution in [2.75, 3.05) is 13.1 Å². The quantitative estimate of drug-likeness (QED) is 0.862. The average Bonchev–Trinajstić information content (AvgIpc) is 2.49. The number of hydrogen-bond donors (Lipinski definition) is 2. The molecule has 0 aliphatic carbocycles. The molecular formula is C15H18Cl3N3O. The molecule has 0 radical (unpaired) electrons. The van der Waals surface area contributed by atoms with Crippen LogP contribution >= 0.6 is 36.4 Å². The number of carbonyl (C=O) groups is 1. The number of benzene rings is 1. The van der Waals surface area contributed by atoms with Crippen molar-refractivity contribution in [3.05, 3.63) is 41.0 Å². The number of hydrogen-bond acceptors (Lipinski definition) is 3. The Morgan fingerprint density at radius 2 is 2.14 bits per heavy atom. The molecule has 1 aromatic heterocycles. The summed E-state index contributed by atoms with van der Waals surface area (Å²) in [5.41, 5.74) is 1.23. The SMILES string of the molecule is Cl.Cl.O=C(N[C@H]1CCCNC1)c1ccc(Cl)c2cccnc12. The van der Waals surface area contributed by atoms with Crippen LogP contribution in [0.15, 0.2) is 30.5 Å². The van der Waals surface area contributed by atoms with Gasteiger partial charge in [-0.2, -0.15) is 0 Å². The number of fused-ring (bicyclic) bond motifs is 1. The van der Waals surface area contributed by atoms with E-state index in [0.29, 0.717) is 16.1 Å². The van der Waals surface area contributed by atoms with Crippen LogP contribution in [0.1, 0.15) is 23.2 Å². The average molecular weight is 363 g/mol. The first-order chi connectivity index (χ1) is 9.75. The Morgan fingerprint density at radius 3 is 2.86 bits per heavy atom. The highest BCUT2D eigenvalue weighted by Gasteiger charge is 2.18. The van der Waals surface area contributed by atoms with Crippen LogP contribution in [-0.2, 0) is 0 Å². The van der Waals surface area contributed by atoms with E-state index in [0.717, 1.165) is 31.3 Å². The third-order valence-corrected chi connectivity index (χ3v) is 3.92. The molecule has 22 heavy (non-hydrogen) atoms. The van der Waals surface area contributed by atoms with Crippen molar-refractivity contribution >= 4 is 53.2 Å². The Bertz CT molecular complexity index is 645. The zero-order valence-corrected chi connectivity index (χ0v) is 14.2. The van der Waals surface area contributed by atoms with Gasteiger partial charge < -0.3 is 10.6 Å². The molecule has 1 amide bonds. The molecule has 0 spiro atoms. The largest absolute Gasteiger partial charge is 0.348 e. The molecule has 120 valence electrons. The molecule has 2 heterocycles. The van der Waals surface area contributed by atoms with Crippen molar-refractivity contribution in [3.8, 4) is 0 Å². The number of halogens is 3. The molecular weight excluding hydrogens is 345 g/mol. The topological polar surface area (TPSA) is 54.0 Å². The fourth-order valence-corrected chi connectivity index (χ4v) is 2.77. The van der Waals surface area contributed by atoms with E-state index in [2.05, 4.69) is 15.6 Å². The van der Waals surface area contributed by atoms with Gasteiger partial charge in [-0.1, -0.05) is 11.6 Å². The van der Waals surface area contributed by atoms with Gasteiger partial charge in [0.25, 0.3) is 5.91 Å². The Hall–Kier alpha value is -1.07. The van der Waals surface area contributed by atoms with Crippen LogP contribution < -0.4 is 10.6 Å². The molecule has 2 aromatic rings. The van der Waals surface area contributed by atoms with Crippen molar-refractivity contribution in [2.24, 2.45) is 0 Å². The zero-order valence-electron chi connectivity index (χ0n) is 11.8. The standard InChI is InChI=1S/C15H16ClN3O.2ClH/c16-13-6-5-12(14-11(13)4-2-8-18-14)15(20)19-10-3-1-7-17-9-10;;/h2,4-6,8,10,17H,1,3,7,9H2,(H,19,20);2*1H/t10-;;/m0../s1. The Morgan fingerprint density at radius 1 is 1.32 bits per heavy atom. The minimum Gasteiger partial charge on any atom is -0.348 e. The van der Waals surface area contributed by atoms with E-state index < -0.39 is 0 Å². The number of amides is 1. The summed E-state index contributed by atoms with van der Waals surface area (Å²) in [5, 5.41) is 7.77. The molecule has 0 bridgehead atoms. The molecule has 4 nitrogen and oxygen atoms in total. The van der Waals surface area contributed by atoms with Gasteiger partial charge in [0, 0.05) is 24.2 Å². The molecule has 1 aliphatic rings. The van der Waals surface area contributed by atoms with Crippen molar-refractivity contribution in [3.63, 3.8) is 0 Å². The second-order valence-electron chi connectivity index (χ2n) is 5.01. The number of piperidine rings is 1. The smallest absolute Gasteiger partial charge is 0.253 e. The highest BCUT2D eigenvalue weighted by Crippen LogP contribution is 2.24. The predicted molar refractivity (Wildman–Crippen MR) is 94.6 cm³/mol. The predicted octanol–water partition coefficient (Wildman–Crippen LogP) is 3.21. The molecule has 1 fully saturated rings. The Balaban J connectivity index is 0.00000121. The number of carbonyl (C=O) groups excluding carboxylic acids is 1. The first kappa shape index (κ1) is 19.0. The Labute approximate surface area is 146 Å². The summed E-state index contributed by atoms with van der Waals surface area (Å²) in [6, 6.07) is 7.37. The van der Waals surface area contributed by atoms with Gasteiger partial charge in [-0.15, -0.1) is 24.8 Å². The van der Waals surface area contributed by atoms with Gasteiger partial charge in [-0.05, 0) is 43.7 Å². The van der Waals surface area contributed by atoms with E-state index >= 15 is 0 Å². The van der Waals surface area contributed by atoms with Gasteiger partial charge in [-0.25, -0.2) is 0 Å². The monoisotopic (exact) mass is 361 g/mol. The summed E-state index contributed by atoms with van der Waals surface area (Å²) in [6.45, 7) is 1.85. The summed E-state index contributed by atoms with van der Waals surface area (Å²) >= 11 is 6.14. The van der Waals surface area contributed by atoms with Crippen LogP contribution in [0.3, 0.4) is 0 Å². The Kier molecular flexibility index (Phi) is 7.36. The molecule has 1 aromatic carbocycles. The van der Waals surface area contributed by atoms with Crippen LogP contribution in [0, 0.1) is 0 Å². The van der Waals surface area contributed by atoms with E-state index in [1.807, 2.05) is 12.1 Å². The highest BCUT2D eigenvalue weighted by molar-refractivity contribution is 6.36. The number of pyridine rings is 1. The highest BCUT2D eigenvalue weighted by atomic mass is 35.5.